The molecular weight excluding hydrogens is 274 g/mol. The fourth-order valence-corrected chi connectivity index (χ4v) is 2.28. The number of hydrogen-bond acceptors (Lipinski definition) is 6. The van der Waals surface area contributed by atoms with Crippen LogP contribution in [0.25, 0.3) is 0 Å². The van der Waals surface area contributed by atoms with Gasteiger partial charge in [-0.3, -0.25) is 14.5 Å². The molecule has 2 rings (SSSR count). The Morgan fingerprint density at radius 3 is 3.05 bits per heavy atom. The molecule has 116 valence electrons. The number of aromatic nitrogens is 1. The quantitative estimate of drug-likeness (QED) is 0.666. The minimum atomic E-state index is -0.330. The van der Waals surface area contributed by atoms with Crippen LogP contribution in [-0.2, 0) is 9.59 Å². The summed E-state index contributed by atoms with van der Waals surface area (Å²) in [6, 6.07) is 1.32. The average Bonchev–Trinajstić information content (AvgIpc) is 2.84. The molecule has 8 nitrogen and oxygen atoms in total. The van der Waals surface area contributed by atoms with Crippen molar-refractivity contribution in [3.05, 3.63) is 11.8 Å². The minimum absolute atomic E-state index is 0.0604. The summed E-state index contributed by atoms with van der Waals surface area (Å²) in [6.07, 6.45) is 0. The van der Waals surface area contributed by atoms with Crippen LogP contribution >= 0.6 is 0 Å². The van der Waals surface area contributed by atoms with Crippen LogP contribution in [0.15, 0.2) is 10.6 Å². The second kappa shape index (κ2) is 7.19. The predicted octanol–water partition coefficient (Wildman–Crippen LogP) is -0.669. The van der Waals surface area contributed by atoms with Crippen molar-refractivity contribution in [3.63, 3.8) is 0 Å². The van der Waals surface area contributed by atoms with E-state index in [0.717, 1.165) is 6.54 Å². The molecule has 0 saturated carbocycles. The zero-order chi connectivity index (χ0) is 15.2. The van der Waals surface area contributed by atoms with Crippen LogP contribution in [0.1, 0.15) is 12.7 Å². The first-order valence-electron chi connectivity index (χ1n) is 7.05. The number of amides is 2. The fourth-order valence-electron chi connectivity index (χ4n) is 2.28. The summed E-state index contributed by atoms with van der Waals surface area (Å²) in [5.41, 5.74) is 0. The van der Waals surface area contributed by atoms with Crippen LogP contribution in [0, 0.1) is 6.92 Å². The molecular formula is C13H21N5O3. The largest absolute Gasteiger partial charge is 0.360 e. The highest BCUT2D eigenvalue weighted by atomic mass is 16.5. The molecule has 3 N–H and O–H groups in total. The van der Waals surface area contributed by atoms with E-state index in [2.05, 4.69) is 21.1 Å². The first kappa shape index (κ1) is 15.5. The van der Waals surface area contributed by atoms with Crippen LogP contribution in [0.3, 0.4) is 0 Å². The summed E-state index contributed by atoms with van der Waals surface area (Å²) in [5, 5.41) is 12.3. The maximum absolute atomic E-state index is 12.0. The molecule has 21 heavy (non-hydrogen) atoms. The highest BCUT2D eigenvalue weighted by Crippen LogP contribution is 2.08. The molecule has 0 aromatic carbocycles. The van der Waals surface area contributed by atoms with Gasteiger partial charge >= 0.3 is 0 Å². The summed E-state index contributed by atoms with van der Waals surface area (Å²) < 4.78 is 4.89. The Kier molecular flexibility index (Phi) is 5.29. The van der Waals surface area contributed by atoms with Crippen molar-refractivity contribution in [1.29, 1.82) is 0 Å². The van der Waals surface area contributed by atoms with Gasteiger partial charge in [0.2, 0.25) is 11.8 Å². The van der Waals surface area contributed by atoms with E-state index < -0.39 is 0 Å². The Morgan fingerprint density at radius 1 is 1.57 bits per heavy atom. The van der Waals surface area contributed by atoms with Crippen molar-refractivity contribution in [2.24, 2.45) is 0 Å². The van der Waals surface area contributed by atoms with E-state index in [1.807, 2.05) is 11.8 Å². The summed E-state index contributed by atoms with van der Waals surface area (Å²) in [7, 11) is 0. The fraction of sp³-hybridized carbons (Fsp3) is 0.615. The molecule has 8 heteroatoms. The predicted molar refractivity (Wildman–Crippen MR) is 76.8 cm³/mol. The molecule has 1 atom stereocenters. The number of aryl methyl sites for hydroxylation is 1. The van der Waals surface area contributed by atoms with Crippen LogP contribution in [0.4, 0.5) is 5.82 Å². The van der Waals surface area contributed by atoms with Gasteiger partial charge in [0.15, 0.2) is 5.82 Å². The molecule has 1 saturated heterocycles. The summed E-state index contributed by atoms with van der Waals surface area (Å²) in [5.74, 6) is 0.754. The number of piperazine rings is 1. The third kappa shape index (κ3) is 4.27. The van der Waals surface area contributed by atoms with Crippen molar-refractivity contribution < 1.29 is 14.1 Å². The molecule has 1 fully saturated rings. The monoisotopic (exact) mass is 295 g/mol. The number of hydrogen-bond donors (Lipinski definition) is 3. The van der Waals surface area contributed by atoms with Crippen LogP contribution in [0.2, 0.25) is 0 Å². The Balaban J connectivity index is 1.92. The van der Waals surface area contributed by atoms with E-state index in [1.54, 1.807) is 13.0 Å². The van der Waals surface area contributed by atoms with E-state index >= 15 is 0 Å². The molecule has 1 aromatic rings. The van der Waals surface area contributed by atoms with E-state index in [1.165, 1.54) is 0 Å². The maximum atomic E-state index is 12.0. The molecule has 1 unspecified atom stereocenters. The lowest BCUT2D eigenvalue weighted by atomic mass is 10.1. The van der Waals surface area contributed by atoms with Gasteiger partial charge in [0.25, 0.3) is 0 Å². The normalized spacial score (nSPS) is 19.2. The first-order valence-corrected chi connectivity index (χ1v) is 7.05. The van der Waals surface area contributed by atoms with Crippen LogP contribution in [-0.4, -0.2) is 60.6 Å². The van der Waals surface area contributed by atoms with Gasteiger partial charge in [-0.05, 0) is 13.8 Å². The molecule has 1 aliphatic heterocycles. The van der Waals surface area contributed by atoms with Crippen molar-refractivity contribution in [2.75, 3.05) is 38.0 Å². The van der Waals surface area contributed by atoms with E-state index in [4.69, 9.17) is 4.52 Å². The summed E-state index contributed by atoms with van der Waals surface area (Å²) >= 11 is 0. The maximum Gasteiger partial charge on any atom is 0.239 e. The van der Waals surface area contributed by atoms with Gasteiger partial charge in [0, 0.05) is 32.2 Å². The van der Waals surface area contributed by atoms with Gasteiger partial charge in [0.1, 0.15) is 11.8 Å². The number of nitrogens with one attached hydrogen (secondary N) is 3. The lowest BCUT2D eigenvalue weighted by Gasteiger charge is -2.34. The van der Waals surface area contributed by atoms with Gasteiger partial charge in [-0.1, -0.05) is 5.16 Å². The van der Waals surface area contributed by atoms with Crippen molar-refractivity contribution in [3.8, 4) is 0 Å². The number of carbonyl (C=O) groups is 2. The summed E-state index contributed by atoms with van der Waals surface area (Å²) in [6.45, 7) is 6.30. The second-order valence-corrected chi connectivity index (χ2v) is 4.96. The Hall–Kier alpha value is -1.93. The van der Waals surface area contributed by atoms with Crippen molar-refractivity contribution in [2.45, 2.75) is 19.9 Å². The topological polar surface area (TPSA) is 99.5 Å². The SMILES string of the molecule is CCNC(=O)C1CNCCN1CC(=O)Nc1cc(C)on1. The van der Waals surface area contributed by atoms with Crippen molar-refractivity contribution in [1.82, 2.24) is 20.7 Å². The van der Waals surface area contributed by atoms with Crippen LogP contribution < -0.4 is 16.0 Å². The van der Waals surface area contributed by atoms with Gasteiger partial charge in [-0.2, -0.15) is 0 Å². The second-order valence-electron chi connectivity index (χ2n) is 4.96. The Bertz CT molecular complexity index is 502. The van der Waals surface area contributed by atoms with Gasteiger partial charge < -0.3 is 20.5 Å². The van der Waals surface area contributed by atoms with E-state index in [9.17, 15) is 9.59 Å². The lowest BCUT2D eigenvalue weighted by molar-refractivity contribution is -0.128. The zero-order valence-electron chi connectivity index (χ0n) is 12.3. The van der Waals surface area contributed by atoms with Crippen LogP contribution in [0.5, 0.6) is 0 Å². The van der Waals surface area contributed by atoms with E-state index in [-0.39, 0.29) is 24.4 Å². The van der Waals surface area contributed by atoms with Gasteiger partial charge in [-0.15, -0.1) is 0 Å². The zero-order valence-corrected chi connectivity index (χ0v) is 12.3. The molecule has 1 aromatic heterocycles. The highest BCUT2D eigenvalue weighted by Gasteiger charge is 2.29. The standard InChI is InChI=1S/C13H21N5O3/c1-3-15-13(20)10-7-14-4-5-18(10)8-12(19)16-11-6-9(2)21-17-11/h6,10,14H,3-5,7-8H2,1-2H3,(H,15,20)(H,16,17,19). The van der Waals surface area contributed by atoms with Gasteiger partial charge in [0.05, 0.1) is 6.54 Å². The minimum Gasteiger partial charge on any atom is -0.360 e. The third-order valence-corrected chi connectivity index (χ3v) is 3.25. The molecule has 0 radical (unpaired) electrons. The highest BCUT2D eigenvalue weighted by molar-refractivity contribution is 5.92. The van der Waals surface area contributed by atoms with E-state index in [0.29, 0.717) is 31.2 Å². The number of carbonyl (C=O) groups excluding carboxylic acids is 2. The molecule has 0 aliphatic carbocycles. The number of anilines is 1. The molecule has 0 spiro atoms. The average molecular weight is 295 g/mol. The smallest absolute Gasteiger partial charge is 0.239 e. The lowest BCUT2D eigenvalue weighted by Crippen LogP contribution is -2.59. The molecule has 2 amide bonds. The number of rotatable bonds is 5. The molecule has 0 bridgehead atoms. The summed E-state index contributed by atoms with van der Waals surface area (Å²) in [4.78, 5) is 25.9. The molecule has 2 heterocycles. The Morgan fingerprint density at radius 2 is 2.38 bits per heavy atom. The van der Waals surface area contributed by atoms with Crippen molar-refractivity contribution >= 4 is 17.6 Å². The number of likely N-dealkylation sites (N-methyl/N-ethyl adjacent to an activating group) is 1. The van der Waals surface area contributed by atoms with Gasteiger partial charge in [-0.25, -0.2) is 0 Å². The molecule has 1 aliphatic rings. The third-order valence-electron chi connectivity index (χ3n) is 3.25. The first-order chi connectivity index (χ1) is 10.1. The number of nitrogens with zero attached hydrogens (tertiary/aromatic N) is 2. The Labute approximate surface area is 123 Å².